The van der Waals surface area contributed by atoms with E-state index >= 15 is 0 Å². The standard InChI is InChI=1S/C10H13N5O4/c1-5-3-15(10(18)12-8(5)17)9-7(13-14-11)2-6(4-16)19-9/h3,6-7,9,16H,2,4H2,1H3,(H,12,17,18)/t6-,7?,9+/m1/s1. The molecule has 0 bridgehead atoms. The molecule has 3 atom stereocenters. The molecule has 0 saturated carbocycles. The fourth-order valence-electron chi connectivity index (χ4n) is 2.04. The molecule has 1 fully saturated rings. The molecule has 1 aromatic rings. The zero-order valence-electron chi connectivity index (χ0n) is 10.2. The molecule has 0 aromatic carbocycles. The molecule has 1 aliphatic rings. The molecule has 2 rings (SSSR count). The Hall–Kier alpha value is -2.09. The van der Waals surface area contributed by atoms with Crippen molar-refractivity contribution in [1.82, 2.24) is 9.55 Å². The van der Waals surface area contributed by atoms with Crippen LogP contribution in [0.3, 0.4) is 0 Å². The molecule has 0 spiro atoms. The highest BCUT2D eigenvalue weighted by atomic mass is 16.5. The number of azide groups is 1. The number of aliphatic hydroxyl groups excluding tert-OH is 1. The minimum absolute atomic E-state index is 0.231. The Labute approximate surface area is 107 Å². The van der Waals surface area contributed by atoms with Gasteiger partial charge in [-0.1, -0.05) is 5.11 Å². The molecule has 1 unspecified atom stereocenters. The van der Waals surface area contributed by atoms with Crippen molar-refractivity contribution in [3.05, 3.63) is 43.0 Å². The Kier molecular flexibility index (Phi) is 3.70. The predicted octanol–water partition coefficient (Wildman–Crippen LogP) is -0.196. The Morgan fingerprint density at radius 1 is 1.68 bits per heavy atom. The van der Waals surface area contributed by atoms with Crippen molar-refractivity contribution >= 4 is 0 Å². The summed E-state index contributed by atoms with van der Waals surface area (Å²) in [6.07, 6.45) is 0.345. The van der Waals surface area contributed by atoms with Gasteiger partial charge in [-0.15, -0.1) is 0 Å². The second-order valence-corrected chi connectivity index (χ2v) is 4.32. The first-order valence-corrected chi connectivity index (χ1v) is 5.69. The van der Waals surface area contributed by atoms with Crippen LogP contribution >= 0.6 is 0 Å². The average molecular weight is 267 g/mol. The second-order valence-electron chi connectivity index (χ2n) is 4.32. The lowest BCUT2D eigenvalue weighted by Crippen LogP contribution is -2.36. The molecule has 2 heterocycles. The number of hydrogen-bond acceptors (Lipinski definition) is 5. The lowest BCUT2D eigenvalue weighted by molar-refractivity contribution is -0.0280. The van der Waals surface area contributed by atoms with Crippen molar-refractivity contribution < 1.29 is 9.84 Å². The lowest BCUT2D eigenvalue weighted by atomic mass is 10.1. The number of H-pyrrole nitrogens is 1. The summed E-state index contributed by atoms with van der Waals surface area (Å²) in [5.41, 5.74) is 7.74. The van der Waals surface area contributed by atoms with Crippen LogP contribution in [0.1, 0.15) is 18.2 Å². The second kappa shape index (κ2) is 5.27. The molecule has 102 valence electrons. The average Bonchev–Trinajstić information content (AvgIpc) is 2.77. The van der Waals surface area contributed by atoms with Crippen LogP contribution in [0.5, 0.6) is 0 Å². The minimum atomic E-state index is -0.823. The van der Waals surface area contributed by atoms with Crippen LogP contribution in [0.4, 0.5) is 0 Å². The monoisotopic (exact) mass is 267 g/mol. The zero-order valence-corrected chi connectivity index (χ0v) is 10.2. The third-order valence-electron chi connectivity index (χ3n) is 2.99. The largest absolute Gasteiger partial charge is 0.394 e. The molecule has 9 nitrogen and oxygen atoms in total. The van der Waals surface area contributed by atoms with Gasteiger partial charge in [0.1, 0.15) is 6.23 Å². The number of aromatic nitrogens is 2. The van der Waals surface area contributed by atoms with Gasteiger partial charge in [-0.25, -0.2) is 4.79 Å². The number of aromatic amines is 1. The Bertz CT molecular complexity index is 630. The van der Waals surface area contributed by atoms with Gasteiger partial charge in [0.15, 0.2) is 0 Å². The first kappa shape index (κ1) is 13.3. The van der Waals surface area contributed by atoms with E-state index in [0.717, 1.165) is 0 Å². The summed E-state index contributed by atoms with van der Waals surface area (Å²) in [6, 6.07) is -0.606. The maximum absolute atomic E-state index is 11.8. The molecule has 1 saturated heterocycles. The quantitative estimate of drug-likeness (QED) is 0.445. The highest BCUT2D eigenvalue weighted by molar-refractivity contribution is 5.02. The van der Waals surface area contributed by atoms with Crippen molar-refractivity contribution in [3.8, 4) is 0 Å². The van der Waals surface area contributed by atoms with E-state index in [1.807, 2.05) is 0 Å². The first-order chi connectivity index (χ1) is 9.06. The van der Waals surface area contributed by atoms with Crippen LogP contribution in [0, 0.1) is 6.92 Å². The van der Waals surface area contributed by atoms with E-state index in [1.54, 1.807) is 6.92 Å². The number of aliphatic hydroxyl groups is 1. The molecular weight excluding hydrogens is 254 g/mol. The zero-order chi connectivity index (χ0) is 14.0. The van der Waals surface area contributed by atoms with E-state index in [0.29, 0.717) is 12.0 Å². The smallest absolute Gasteiger partial charge is 0.330 e. The van der Waals surface area contributed by atoms with Gasteiger partial charge in [0.05, 0.1) is 18.8 Å². The van der Waals surface area contributed by atoms with Crippen LogP contribution in [-0.2, 0) is 4.74 Å². The number of nitrogens with zero attached hydrogens (tertiary/aromatic N) is 4. The van der Waals surface area contributed by atoms with Crippen molar-refractivity contribution in [3.63, 3.8) is 0 Å². The normalized spacial score (nSPS) is 26.1. The Morgan fingerprint density at radius 2 is 2.42 bits per heavy atom. The predicted molar refractivity (Wildman–Crippen MR) is 64.6 cm³/mol. The highest BCUT2D eigenvalue weighted by Gasteiger charge is 2.36. The van der Waals surface area contributed by atoms with Crippen molar-refractivity contribution in [1.29, 1.82) is 0 Å². The summed E-state index contributed by atoms with van der Waals surface area (Å²) in [7, 11) is 0. The van der Waals surface area contributed by atoms with Gasteiger partial charge in [0.2, 0.25) is 0 Å². The summed E-state index contributed by atoms with van der Waals surface area (Å²) in [6.45, 7) is 1.32. The van der Waals surface area contributed by atoms with Gasteiger partial charge < -0.3 is 9.84 Å². The summed E-state index contributed by atoms with van der Waals surface area (Å²) >= 11 is 0. The van der Waals surface area contributed by atoms with Crippen LogP contribution in [0.25, 0.3) is 10.4 Å². The van der Waals surface area contributed by atoms with E-state index in [2.05, 4.69) is 15.0 Å². The molecule has 0 radical (unpaired) electrons. The first-order valence-electron chi connectivity index (χ1n) is 5.69. The highest BCUT2D eigenvalue weighted by Crippen LogP contribution is 2.30. The van der Waals surface area contributed by atoms with Crippen LogP contribution in [0.2, 0.25) is 0 Å². The molecule has 0 aliphatic carbocycles. The van der Waals surface area contributed by atoms with Crippen molar-refractivity contribution in [2.24, 2.45) is 5.11 Å². The number of ether oxygens (including phenoxy) is 1. The molecule has 1 aliphatic heterocycles. The molecular formula is C10H13N5O4. The van der Waals surface area contributed by atoms with Gasteiger partial charge in [0, 0.05) is 16.7 Å². The number of aryl methyl sites for hydroxylation is 1. The van der Waals surface area contributed by atoms with Gasteiger partial charge >= 0.3 is 5.69 Å². The summed E-state index contributed by atoms with van der Waals surface area (Å²) in [5, 5.41) is 12.6. The Balaban J connectivity index is 2.44. The fourth-order valence-corrected chi connectivity index (χ4v) is 2.04. The fraction of sp³-hybridized carbons (Fsp3) is 0.600. The van der Waals surface area contributed by atoms with E-state index in [4.69, 9.17) is 15.4 Å². The Morgan fingerprint density at radius 3 is 3.05 bits per heavy atom. The minimum Gasteiger partial charge on any atom is -0.394 e. The summed E-state index contributed by atoms with van der Waals surface area (Å²) in [4.78, 5) is 27.9. The number of nitrogens with one attached hydrogen (secondary N) is 1. The van der Waals surface area contributed by atoms with Gasteiger partial charge in [0.25, 0.3) is 5.56 Å². The van der Waals surface area contributed by atoms with Crippen molar-refractivity contribution in [2.45, 2.75) is 31.7 Å². The van der Waals surface area contributed by atoms with Crippen LogP contribution in [0.15, 0.2) is 20.9 Å². The van der Waals surface area contributed by atoms with Gasteiger partial charge in [-0.2, -0.15) is 0 Å². The lowest BCUT2D eigenvalue weighted by Gasteiger charge is -2.17. The number of hydrogen-bond donors (Lipinski definition) is 2. The van der Waals surface area contributed by atoms with E-state index in [1.165, 1.54) is 10.8 Å². The maximum atomic E-state index is 11.8. The van der Waals surface area contributed by atoms with E-state index in [9.17, 15) is 9.59 Å². The topological polar surface area (TPSA) is 133 Å². The molecule has 9 heteroatoms. The number of rotatable bonds is 3. The van der Waals surface area contributed by atoms with E-state index < -0.39 is 29.6 Å². The third-order valence-corrected chi connectivity index (χ3v) is 2.99. The third kappa shape index (κ3) is 2.53. The van der Waals surface area contributed by atoms with Gasteiger partial charge in [-0.05, 0) is 18.9 Å². The molecule has 2 N–H and O–H groups in total. The van der Waals surface area contributed by atoms with Crippen molar-refractivity contribution in [2.75, 3.05) is 6.61 Å². The van der Waals surface area contributed by atoms with E-state index in [-0.39, 0.29) is 6.61 Å². The summed E-state index contributed by atoms with van der Waals surface area (Å²) < 4.78 is 6.64. The molecule has 0 amide bonds. The summed E-state index contributed by atoms with van der Waals surface area (Å²) in [5.74, 6) is 0. The molecule has 1 aromatic heterocycles. The van der Waals surface area contributed by atoms with Crippen LogP contribution < -0.4 is 11.2 Å². The van der Waals surface area contributed by atoms with Gasteiger partial charge in [-0.3, -0.25) is 14.3 Å². The van der Waals surface area contributed by atoms with Crippen LogP contribution in [-0.4, -0.2) is 33.4 Å². The SMILES string of the molecule is Cc1cn([C@H]2O[C@@H](CO)CC2N=[N+]=[N-])c(=O)[nH]c1=O. The maximum Gasteiger partial charge on any atom is 0.330 e. The molecule has 19 heavy (non-hydrogen) atoms.